The van der Waals surface area contributed by atoms with Crippen LogP contribution in [0.2, 0.25) is 0 Å². The third-order valence-corrected chi connectivity index (χ3v) is 3.84. The Morgan fingerprint density at radius 1 is 1.33 bits per heavy atom. The summed E-state index contributed by atoms with van der Waals surface area (Å²) in [7, 11) is -0.608. The van der Waals surface area contributed by atoms with Crippen molar-refractivity contribution >= 4 is 10.8 Å². The summed E-state index contributed by atoms with van der Waals surface area (Å²) >= 11 is 0. The Morgan fingerprint density at radius 3 is 2.60 bits per heavy atom. The fourth-order valence-corrected chi connectivity index (χ4v) is 2.80. The highest BCUT2D eigenvalue weighted by Gasteiger charge is 2.16. The van der Waals surface area contributed by atoms with Crippen LogP contribution in [0.4, 0.5) is 0 Å². The monoisotopic (exact) mass is 228 g/mol. The molecule has 1 fully saturated rings. The average Bonchev–Trinajstić information content (AvgIpc) is 2.69. The van der Waals surface area contributed by atoms with Crippen molar-refractivity contribution in [2.24, 2.45) is 5.73 Å². The lowest BCUT2D eigenvalue weighted by atomic mass is 10.4. The average molecular weight is 228 g/mol. The molecule has 1 aliphatic rings. The van der Waals surface area contributed by atoms with Crippen LogP contribution in [0.1, 0.15) is 11.5 Å². The van der Waals surface area contributed by atoms with Crippen molar-refractivity contribution in [3.63, 3.8) is 0 Å². The van der Waals surface area contributed by atoms with Gasteiger partial charge in [0.2, 0.25) is 0 Å². The lowest BCUT2D eigenvalue weighted by Crippen LogP contribution is -2.37. The molecule has 2 rings (SSSR count). The van der Waals surface area contributed by atoms with E-state index in [1.165, 1.54) is 0 Å². The van der Waals surface area contributed by atoms with Crippen LogP contribution >= 0.6 is 0 Å². The molecule has 0 aromatic carbocycles. The van der Waals surface area contributed by atoms with Gasteiger partial charge >= 0.3 is 0 Å². The molecule has 0 unspecified atom stereocenters. The fourth-order valence-electron chi connectivity index (χ4n) is 1.67. The fraction of sp³-hybridized carbons (Fsp3) is 0.600. The standard InChI is InChI=1S/C10H16N2O2S/c11-7-9-1-2-10(14-9)8-12-3-5-15(13)6-4-12/h1-2H,3-8,11H2. The molecule has 1 aromatic rings. The molecule has 15 heavy (non-hydrogen) atoms. The van der Waals surface area contributed by atoms with Gasteiger partial charge in [-0.25, -0.2) is 0 Å². The lowest BCUT2D eigenvalue weighted by molar-refractivity contribution is 0.262. The van der Waals surface area contributed by atoms with Gasteiger partial charge in [-0.3, -0.25) is 9.11 Å². The smallest absolute Gasteiger partial charge is 0.118 e. The highest BCUT2D eigenvalue weighted by atomic mass is 32.2. The highest BCUT2D eigenvalue weighted by molar-refractivity contribution is 7.85. The summed E-state index contributed by atoms with van der Waals surface area (Å²) in [6.07, 6.45) is 0. The zero-order valence-corrected chi connectivity index (χ0v) is 9.46. The maximum Gasteiger partial charge on any atom is 0.118 e. The third kappa shape index (κ3) is 2.90. The molecule has 2 N–H and O–H groups in total. The first-order valence-electron chi connectivity index (χ1n) is 5.13. The number of hydrogen-bond acceptors (Lipinski definition) is 4. The van der Waals surface area contributed by atoms with Crippen LogP contribution in [0.25, 0.3) is 0 Å². The summed E-state index contributed by atoms with van der Waals surface area (Å²) in [5, 5.41) is 0. The lowest BCUT2D eigenvalue weighted by Gasteiger charge is -2.24. The van der Waals surface area contributed by atoms with E-state index >= 15 is 0 Å². The molecule has 1 saturated heterocycles. The quantitative estimate of drug-likeness (QED) is 0.808. The van der Waals surface area contributed by atoms with Crippen molar-refractivity contribution in [3.8, 4) is 0 Å². The molecule has 1 aliphatic heterocycles. The van der Waals surface area contributed by atoms with E-state index in [-0.39, 0.29) is 0 Å². The van der Waals surface area contributed by atoms with Gasteiger partial charge in [-0.05, 0) is 12.1 Å². The van der Waals surface area contributed by atoms with E-state index in [0.717, 1.165) is 42.7 Å². The van der Waals surface area contributed by atoms with Crippen LogP contribution in [0.5, 0.6) is 0 Å². The second kappa shape index (κ2) is 4.92. The van der Waals surface area contributed by atoms with E-state index in [4.69, 9.17) is 10.2 Å². The molecular weight excluding hydrogens is 212 g/mol. The number of nitrogens with zero attached hydrogens (tertiary/aromatic N) is 1. The van der Waals surface area contributed by atoms with Gasteiger partial charge in [-0.2, -0.15) is 0 Å². The molecule has 2 heterocycles. The summed E-state index contributed by atoms with van der Waals surface area (Å²) < 4.78 is 16.7. The Hall–Kier alpha value is -0.650. The Kier molecular flexibility index (Phi) is 3.56. The molecule has 0 amide bonds. The van der Waals surface area contributed by atoms with Gasteiger partial charge in [0, 0.05) is 35.4 Å². The molecule has 5 heteroatoms. The Bertz CT molecular complexity index is 341. The summed E-state index contributed by atoms with van der Waals surface area (Å²) in [5.41, 5.74) is 5.47. The van der Waals surface area contributed by atoms with Crippen molar-refractivity contribution in [2.75, 3.05) is 24.6 Å². The van der Waals surface area contributed by atoms with Crippen molar-refractivity contribution in [1.82, 2.24) is 4.90 Å². The summed E-state index contributed by atoms with van der Waals surface area (Å²) in [5.74, 6) is 3.34. The summed E-state index contributed by atoms with van der Waals surface area (Å²) in [6, 6.07) is 3.88. The van der Waals surface area contributed by atoms with Crippen LogP contribution in [-0.4, -0.2) is 33.7 Å². The van der Waals surface area contributed by atoms with Gasteiger partial charge in [0.05, 0.1) is 13.1 Å². The molecule has 0 bridgehead atoms. The summed E-state index contributed by atoms with van der Waals surface area (Å²) in [6.45, 7) is 3.04. The van der Waals surface area contributed by atoms with Crippen molar-refractivity contribution < 1.29 is 8.63 Å². The third-order valence-electron chi connectivity index (χ3n) is 2.57. The molecule has 0 atom stereocenters. The van der Waals surface area contributed by atoms with Gasteiger partial charge in [-0.1, -0.05) is 0 Å². The van der Waals surface area contributed by atoms with E-state index in [9.17, 15) is 4.21 Å². The van der Waals surface area contributed by atoms with E-state index in [0.29, 0.717) is 6.54 Å². The highest BCUT2D eigenvalue weighted by Crippen LogP contribution is 2.11. The number of furan rings is 1. The topological polar surface area (TPSA) is 59.5 Å². The van der Waals surface area contributed by atoms with Crippen LogP contribution in [0.15, 0.2) is 16.5 Å². The Balaban J connectivity index is 1.88. The van der Waals surface area contributed by atoms with E-state index in [1.54, 1.807) is 0 Å². The zero-order valence-electron chi connectivity index (χ0n) is 8.65. The number of nitrogens with two attached hydrogens (primary N) is 1. The molecule has 0 aliphatic carbocycles. The van der Waals surface area contributed by atoms with Crippen LogP contribution in [0.3, 0.4) is 0 Å². The first kappa shape index (κ1) is 10.9. The predicted molar refractivity (Wildman–Crippen MR) is 59.8 cm³/mol. The van der Waals surface area contributed by atoms with Gasteiger partial charge in [-0.15, -0.1) is 0 Å². The minimum atomic E-state index is -0.608. The largest absolute Gasteiger partial charge is 0.463 e. The first-order chi connectivity index (χ1) is 7.28. The van der Waals surface area contributed by atoms with E-state index < -0.39 is 10.8 Å². The molecular formula is C10H16N2O2S. The van der Waals surface area contributed by atoms with Gasteiger partial charge in [0.25, 0.3) is 0 Å². The molecule has 0 saturated carbocycles. The predicted octanol–water partition coefficient (Wildman–Crippen LogP) is 0.303. The minimum absolute atomic E-state index is 0.448. The van der Waals surface area contributed by atoms with Gasteiger partial charge in [0.1, 0.15) is 11.5 Å². The Labute approximate surface area is 91.9 Å². The van der Waals surface area contributed by atoms with E-state index in [2.05, 4.69) is 4.90 Å². The van der Waals surface area contributed by atoms with Crippen molar-refractivity contribution in [1.29, 1.82) is 0 Å². The zero-order chi connectivity index (χ0) is 10.7. The first-order valence-corrected chi connectivity index (χ1v) is 6.62. The Morgan fingerprint density at radius 2 is 2.00 bits per heavy atom. The van der Waals surface area contributed by atoms with Crippen LogP contribution in [0, 0.1) is 0 Å². The van der Waals surface area contributed by atoms with Crippen LogP contribution in [-0.2, 0) is 23.9 Å². The maximum atomic E-state index is 11.2. The molecule has 1 aromatic heterocycles. The summed E-state index contributed by atoms with van der Waals surface area (Å²) in [4.78, 5) is 2.26. The molecule has 0 radical (unpaired) electrons. The molecule has 4 nitrogen and oxygen atoms in total. The molecule has 84 valence electrons. The SMILES string of the molecule is NCc1ccc(CN2CCS(=O)CC2)o1. The normalized spacial score (nSPS) is 19.5. The van der Waals surface area contributed by atoms with Gasteiger partial charge < -0.3 is 10.2 Å². The van der Waals surface area contributed by atoms with Crippen LogP contribution < -0.4 is 5.73 Å². The van der Waals surface area contributed by atoms with Crippen molar-refractivity contribution in [3.05, 3.63) is 23.7 Å². The van der Waals surface area contributed by atoms with Crippen molar-refractivity contribution in [2.45, 2.75) is 13.1 Å². The van der Waals surface area contributed by atoms with Gasteiger partial charge in [0.15, 0.2) is 0 Å². The molecule has 0 spiro atoms. The minimum Gasteiger partial charge on any atom is -0.463 e. The second-order valence-electron chi connectivity index (χ2n) is 3.70. The number of hydrogen-bond donors (Lipinski definition) is 1. The second-order valence-corrected chi connectivity index (χ2v) is 5.39. The number of rotatable bonds is 3. The van der Waals surface area contributed by atoms with E-state index in [1.807, 2.05) is 12.1 Å². The maximum absolute atomic E-state index is 11.2.